The Balaban J connectivity index is 2.08. The van der Waals surface area contributed by atoms with Crippen molar-refractivity contribution in [3.63, 3.8) is 0 Å². The maximum atomic E-state index is 11.7. The molecule has 2 rings (SSSR count). The molecule has 0 aliphatic carbocycles. The van der Waals surface area contributed by atoms with Gasteiger partial charge in [-0.05, 0) is 24.1 Å². The Bertz CT molecular complexity index is 406. The number of likely N-dealkylation sites (N-methyl/N-ethyl adjacent to an activating group) is 1. The molecule has 1 amide bonds. The smallest absolute Gasteiger partial charge is 0.224 e. The van der Waals surface area contributed by atoms with Crippen LogP contribution in [-0.2, 0) is 16.0 Å². The Hall–Kier alpha value is -1.55. The van der Waals surface area contributed by atoms with Crippen LogP contribution in [0.5, 0.6) is 0 Å². The van der Waals surface area contributed by atoms with Crippen LogP contribution in [0, 0.1) is 0 Å². The summed E-state index contributed by atoms with van der Waals surface area (Å²) in [4.78, 5) is 13.5. The van der Waals surface area contributed by atoms with Crippen LogP contribution >= 0.6 is 0 Å². The molecule has 1 aromatic carbocycles. The fourth-order valence-electron chi connectivity index (χ4n) is 2.06. The molecule has 17 heavy (non-hydrogen) atoms. The average Bonchev–Trinajstić information content (AvgIpc) is 2.45. The quantitative estimate of drug-likeness (QED) is 0.778. The molecular formula is C13H18N2O2. The lowest BCUT2D eigenvalue weighted by Gasteiger charge is -2.25. The van der Waals surface area contributed by atoms with Gasteiger partial charge in [0.15, 0.2) is 0 Å². The van der Waals surface area contributed by atoms with Crippen LogP contribution in [0.15, 0.2) is 24.3 Å². The molecule has 1 aliphatic rings. The summed E-state index contributed by atoms with van der Waals surface area (Å²) >= 11 is 0. The van der Waals surface area contributed by atoms with Crippen molar-refractivity contribution in [3.8, 4) is 0 Å². The highest BCUT2D eigenvalue weighted by Gasteiger charge is 2.23. The molecule has 1 fully saturated rings. The number of nitrogens with zero attached hydrogens (tertiary/aromatic N) is 1. The van der Waals surface area contributed by atoms with Gasteiger partial charge in [0.2, 0.25) is 5.91 Å². The Kier molecular flexibility index (Phi) is 3.64. The largest absolute Gasteiger partial charge is 0.399 e. The number of carbonyl (C=O) groups is 1. The zero-order valence-electron chi connectivity index (χ0n) is 10.1. The number of benzene rings is 1. The number of hydrogen-bond acceptors (Lipinski definition) is 3. The molecule has 92 valence electrons. The topological polar surface area (TPSA) is 55.6 Å². The van der Waals surface area contributed by atoms with Crippen molar-refractivity contribution in [3.05, 3.63) is 29.8 Å². The van der Waals surface area contributed by atoms with Gasteiger partial charge in [-0.2, -0.15) is 0 Å². The summed E-state index contributed by atoms with van der Waals surface area (Å²) in [6, 6.07) is 7.88. The molecule has 4 nitrogen and oxygen atoms in total. The molecule has 0 aromatic heterocycles. The van der Waals surface area contributed by atoms with E-state index in [0.717, 1.165) is 17.7 Å². The molecule has 1 aromatic rings. The second-order valence-electron chi connectivity index (χ2n) is 4.43. The summed E-state index contributed by atoms with van der Waals surface area (Å²) in [6.45, 7) is 1.12. The fourth-order valence-corrected chi connectivity index (χ4v) is 2.06. The van der Waals surface area contributed by atoms with E-state index < -0.39 is 0 Å². The third-order valence-corrected chi connectivity index (χ3v) is 3.13. The third-order valence-electron chi connectivity index (χ3n) is 3.13. The highest BCUT2D eigenvalue weighted by atomic mass is 16.5. The van der Waals surface area contributed by atoms with Crippen LogP contribution in [0.25, 0.3) is 0 Å². The van der Waals surface area contributed by atoms with Crippen LogP contribution in [0.2, 0.25) is 0 Å². The standard InChI is InChI=1S/C13H18N2O2/c1-15-12(9-17-6-5-13(15)16)8-10-3-2-4-11(14)7-10/h2-4,7,12H,5-6,8-9,14H2,1H3. The lowest BCUT2D eigenvalue weighted by atomic mass is 10.0. The Morgan fingerprint density at radius 3 is 3.12 bits per heavy atom. The number of carbonyl (C=O) groups excluding carboxylic acids is 1. The molecule has 0 spiro atoms. The molecule has 4 heteroatoms. The number of hydrogen-bond donors (Lipinski definition) is 1. The van der Waals surface area contributed by atoms with Gasteiger partial charge in [0.25, 0.3) is 0 Å². The van der Waals surface area contributed by atoms with Crippen molar-refractivity contribution in [2.24, 2.45) is 0 Å². The van der Waals surface area contributed by atoms with Gasteiger partial charge < -0.3 is 15.4 Å². The summed E-state index contributed by atoms with van der Waals surface area (Å²) in [5.41, 5.74) is 7.64. The van der Waals surface area contributed by atoms with E-state index in [9.17, 15) is 4.79 Å². The zero-order chi connectivity index (χ0) is 12.3. The predicted molar refractivity (Wildman–Crippen MR) is 66.6 cm³/mol. The summed E-state index contributed by atoms with van der Waals surface area (Å²) in [7, 11) is 1.84. The summed E-state index contributed by atoms with van der Waals surface area (Å²) in [6.07, 6.45) is 1.26. The van der Waals surface area contributed by atoms with Crippen molar-refractivity contribution in [2.45, 2.75) is 18.9 Å². The van der Waals surface area contributed by atoms with E-state index in [2.05, 4.69) is 0 Å². The van der Waals surface area contributed by atoms with Gasteiger partial charge in [0.1, 0.15) is 0 Å². The van der Waals surface area contributed by atoms with Crippen molar-refractivity contribution < 1.29 is 9.53 Å². The number of ether oxygens (including phenoxy) is 1. The second kappa shape index (κ2) is 5.19. The monoisotopic (exact) mass is 234 g/mol. The minimum atomic E-state index is 0.104. The molecule has 0 bridgehead atoms. The van der Waals surface area contributed by atoms with Gasteiger partial charge in [-0.3, -0.25) is 4.79 Å². The predicted octanol–water partition coefficient (Wildman–Crippen LogP) is 1.06. The fraction of sp³-hybridized carbons (Fsp3) is 0.462. The van der Waals surface area contributed by atoms with Crippen molar-refractivity contribution >= 4 is 11.6 Å². The van der Waals surface area contributed by atoms with E-state index in [1.807, 2.05) is 31.3 Å². The van der Waals surface area contributed by atoms with Gasteiger partial charge in [-0.25, -0.2) is 0 Å². The lowest BCUT2D eigenvalue weighted by Crippen LogP contribution is -2.39. The molecule has 0 saturated carbocycles. The lowest BCUT2D eigenvalue weighted by molar-refractivity contribution is -0.130. The van der Waals surface area contributed by atoms with Crippen LogP contribution in [0.1, 0.15) is 12.0 Å². The minimum Gasteiger partial charge on any atom is -0.399 e. The molecule has 0 radical (unpaired) electrons. The SMILES string of the molecule is CN1C(=O)CCOCC1Cc1cccc(N)c1. The van der Waals surface area contributed by atoms with E-state index in [4.69, 9.17) is 10.5 Å². The number of amides is 1. The van der Waals surface area contributed by atoms with E-state index in [0.29, 0.717) is 19.6 Å². The Labute approximate surface area is 101 Å². The Morgan fingerprint density at radius 2 is 2.35 bits per heavy atom. The highest BCUT2D eigenvalue weighted by Crippen LogP contribution is 2.14. The van der Waals surface area contributed by atoms with E-state index in [1.165, 1.54) is 0 Å². The molecule has 2 N–H and O–H groups in total. The van der Waals surface area contributed by atoms with Gasteiger partial charge in [-0.15, -0.1) is 0 Å². The highest BCUT2D eigenvalue weighted by molar-refractivity contribution is 5.76. The molecule has 1 heterocycles. The molecule has 1 aliphatic heterocycles. The number of anilines is 1. The van der Waals surface area contributed by atoms with Crippen LogP contribution in [0.4, 0.5) is 5.69 Å². The van der Waals surface area contributed by atoms with Crippen molar-refractivity contribution in [1.82, 2.24) is 4.90 Å². The summed E-state index contributed by atoms with van der Waals surface area (Å²) in [5.74, 6) is 0.149. The van der Waals surface area contributed by atoms with Crippen LogP contribution in [0.3, 0.4) is 0 Å². The molecule has 1 saturated heterocycles. The van der Waals surface area contributed by atoms with Gasteiger partial charge >= 0.3 is 0 Å². The minimum absolute atomic E-state index is 0.104. The zero-order valence-corrected chi connectivity index (χ0v) is 10.1. The van der Waals surface area contributed by atoms with E-state index in [1.54, 1.807) is 4.90 Å². The van der Waals surface area contributed by atoms with Gasteiger partial charge in [0.05, 0.1) is 25.7 Å². The van der Waals surface area contributed by atoms with E-state index >= 15 is 0 Å². The first kappa shape index (κ1) is 11.9. The van der Waals surface area contributed by atoms with Crippen LogP contribution in [-0.4, -0.2) is 37.1 Å². The number of rotatable bonds is 2. The first-order valence-corrected chi connectivity index (χ1v) is 5.84. The molecular weight excluding hydrogens is 216 g/mol. The van der Waals surface area contributed by atoms with Gasteiger partial charge in [-0.1, -0.05) is 12.1 Å². The Morgan fingerprint density at radius 1 is 1.53 bits per heavy atom. The van der Waals surface area contributed by atoms with Crippen molar-refractivity contribution in [2.75, 3.05) is 26.0 Å². The van der Waals surface area contributed by atoms with Gasteiger partial charge in [0, 0.05) is 12.7 Å². The van der Waals surface area contributed by atoms with E-state index in [-0.39, 0.29) is 11.9 Å². The molecule has 1 unspecified atom stereocenters. The number of nitrogens with two attached hydrogens (primary N) is 1. The average molecular weight is 234 g/mol. The molecule has 1 atom stereocenters. The maximum Gasteiger partial charge on any atom is 0.224 e. The summed E-state index contributed by atoms with van der Waals surface area (Å²) < 4.78 is 5.46. The first-order valence-electron chi connectivity index (χ1n) is 5.84. The second-order valence-corrected chi connectivity index (χ2v) is 4.43. The first-order chi connectivity index (χ1) is 8.16. The maximum absolute atomic E-state index is 11.7. The van der Waals surface area contributed by atoms with Crippen LogP contribution < -0.4 is 5.73 Å². The third kappa shape index (κ3) is 2.97. The number of nitrogen functional groups attached to an aromatic ring is 1. The normalized spacial score (nSPS) is 21.4. The van der Waals surface area contributed by atoms with Crippen molar-refractivity contribution in [1.29, 1.82) is 0 Å². The summed E-state index contributed by atoms with van der Waals surface area (Å²) in [5, 5.41) is 0.